The van der Waals surface area contributed by atoms with Gasteiger partial charge in [-0.05, 0) is 62.7 Å². The van der Waals surface area contributed by atoms with Crippen LogP contribution in [-0.2, 0) is 9.59 Å². The van der Waals surface area contributed by atoms with Gasteiger partial charge in [0, 0.05) is 42.4 Å². The second-order valence-electron chi connectivity index (χ2n) is 9.72. The molecule has 4 heterocycles. The molecule has 2 aromatic carbocycles. The van der Waals surface area contributed by atoms with Crippen molar-refractivity contribution in [1.82, 2.24) is 14.5 Å². The molecule has 1 N–H and O–H groups in total. The van der Waals surface area contributed by atoms with Crippen molar-refractivity contribution in [2.75, 3.05) is 16.8 Å². The molecule has 9 heteroatoms. The highest BCUT2D eigenvalue weighted by Gasteiger charge is 2.37. The molecule has 5 aromatic rings. The minimum Gasteiger partial charge on any atom is -0.456 e. The lowest BCUT2D eigenvalue weighted by atomic mass is 10.1. The summed E-state index contributed by atoms with van der Waals surface area (Å²) in [4.78, 5) is 37.5. The zero-order valence-electron chi connectivity index (χ0n) is 21.6. The molecule has 8 nitrogen and oxygen atoms in total. The standard InChI is InChI=1S/C30H27N5O3S/c1-19(2)34-17-25(32-18-34)27-16-24-28(39-27)26(12-14-31-24)38-22-10-8-20(9-11-22)33-29(36)23-13-15-35(30(23)37)21-6-4-3-5-7-21/h3-12,14,16-19,23H,13,15H2,1-2H3,(H,33,36). The minimum atomic E-state index is -0.703. The molecule has 2 amide bonds. The molecule has 0 bridgehead atoms. The van der Waals surface area contributed by atoms with Gasteiger partial charge < -0.3 is 19.5 Å². The van der Waals surface area contributed by atoms with Crippen molar-refractivity contribution in [3.63, 3.8) is 0 Å². The molecule has 1 unspecified atom stereocenters. The molecule has 1 aliphatic heterocycles. The number of amides is 2. The van der Waals surface area contributed by atoms with E-state index >= 15 is 0 Å². The third kappa shape index (κ3) is 5.00. The first kappa shape index (κ1) is 24.8. The predicted octanol–water partition coefficient (Wildman–Crippen LogP) is 6.52. The summed E-state index contributed by atoms with van der Waals surface area (Å²) in [6, 6.07) is 20.8. The molecular formula is C30H27N5O3S. The van der Waals surface area contributed by atoms with Crippen LogP contribution in [0.15, 0.2) is 85.5 Å². The smallest absolute Gasteiger partial charge is 0.239 e. The van der Waals surface area contributed by atoms with Crippen LogP contribution in [0, 0.1) is 5.92 Å². The number of para-hydroxylation sites is 1. The van der Waals surface area contributed by atoms with Crippen LogP contribution in [0.3, 0.4) is 0 Å². The van der Waals surface area contributed by atoms with Crippen molar-refractivity contribution in [1.29, 1.82) is 0 Å². The van der Waals surface area contributed by atoms with Gasteiger partial charge in [0.1, 0.15) is 17.4 Å². The molecule has 1 aliphatic rings. The van der Waals surface area contributed by atoms with E-state index in [-0.39, 0.29) is 11.8 Å². The number of benzene rings is 2. The molecule has 1 fully saturated rings. The number of imidazole rings is 1. The number of carbonyl (C=O) groups is 2. The number of thiophene rings is 1. The van der Waals surface area contributed by atoms with Gasteiger partial charge in [0.25, 0.3) is 0 Å². The van der Waals surface area contributed by atoms with E-state index in [9.17, 15) is 9.59 Å². The monoisotopic (exact) mass is 537 g/mol. The fourth-order valence-electron chi connectivity index (χ4n) is 4.62. The van der Waals surface area contributed by atoms with E-state index in [0.29, 0.717) is 36.2 Å². The number of carbonyl (C=O) groups excluding carboxylic acids is 2. The van der Waals surface area contributed by atoms with Gasteiger partial charge in [-0.3, -0.25) is 14.6 Å². The summed E-state index contributed by atoms with van der Waals surface area (Å²) in [6.45, 7) is 4.76. The van der Waals surface area contributed by atoms with Gasteiger partial charge in [-0.15, -0.1) is 11.3 Å². The summed E-state index contributed by atoms with van der Waals surface area (Å²) in [5, 5.41) is 2.88. The Balaban J connectivity index is 1.13. The lowest BCUT2D eigenvalue weighted by Crippen LogP contribution is -2.33. The Morgan fingerprint density at radius 3 is 2.62 bits per heavy atom. The summed E-state index contributed by atoms with van der Waals surface area (Å²) in [7, 11) is 0. The first-order valence-corrected chi connectivity index (χ1v) is 13.7. The van der Waals surface area contributed by atoms with Gasteiger partial charge in [-0.2, -0.15) is 0 Å². The topological polar surface area (TPSA) is 89.3 Å². The number of nitrogens with zero attached hydrogens (tertiary/aromatic N) is 4. The zero-order valence-corrected chi connectivity index (χ0v) is 22.4. The highest BCUT2D eigenvalue weighted by atomic mass is 32.1. The molecule has 1 atom stereocenters. The summed E-state index contributed by atoms with van der Waals surface area (Å²) in [5.74, 6) is 0.160. The number of hydrogen-bond acceptors (Lipinski definition) is 6. The van der Waals surface area contributed by atoms with Crippen LogP contribution in [0.4, 0.5) is 11.4 Å². The van der Waals surface area contributed by atoms with E-state index < -0.39 is 5.92 Å². The van der Waals surface area contributed by atoms with E-state index in [1.54, 1.807) is 46.7 Å². The third-order valence-corrected chi connectivity index (χ3v) is 7.93. The van der Waals surface area contributed by atoms with Gasteiger partial charge in [-0.1, -0.05) is 18.2 Å². The highest BCUT2D eigenvalue weighted by molar-refractivity contribution is 7.22. The van der Waals surface area contributed by atoms with Gasteiger partial charge in [-0.25, -0.2) is 4.98 Å². The Morgan fingerprint density at radius 1 is 1.08 bits per heavy atom. The number of fused-ring (bicyclic) bond motifs is 1. The maximum Gasteiger partial charge on any atom is 0.239 e. The van der Waals surface area contributed by atoms with Gasteiger partial charge >= 0.3 is 0 Å². The Hall–Kier alpha value is -4.50. The number of aromatic nitrogens is 3. The van der Waals surface area contributed by atoms with Crippen LogP contribution in [0.5, 0.6) is 11.5 Å². The van der Waals surface area contributed by atoms with Crippen LogP contribution in [0.25, 0.3) is 20.8 Å². The van der Waals surface area contributed by atoms with Gasteiger partial charge in [0.15, 0.2) is 0 Å². The number of nitrogens with one attached hydrogen (secondary N) is 1. The van der Waals surface area contributed by atoms with Crippen molar-refractivity contribution in [3.8, 4) is 22.1 Å². The minimum absolute atomic E-state index is 0.174. The Bertz CT molecular complexity index is 1640. The first-order valence-electron chi connectivity index (χ1n) is 12.8. The van der Waals surface area contributed by atoms with Crippen LogP contribution in [-0.4, -0.2) is 32.9 Å². The molecule has 6 rings (SSSR count). The fourth-order valence-corrected chi connectivity index (χ4v) is 5.64. The molecular weight excluding hydrogens is 510 g/mol. The van der Waals surface area contributed by atoms with Crippen LogP contribution >= 0.6 is 11.3 Å². The quantitative estimate of drug-likeness (QED) is 0.239. The first-order chi connectivity index (χ1) is 19.0. The van der Waals surface area contributed by atoms with Gasteiger partial charge in [0.2, 0.25) is 11.8 Å². The Kier molecular flexibility index (Phi) is 6.58. The SMILES string of the molecule is CC(C)n1cnc(-c2cc3nccc(Oc4ccc(NC(=O)C5CCN(c6ccccc6)C5=O)cc4)c3s2)c1. The molecule has 3 aromatic heterocycles. The van der Waals surface area contributed by atoms with Gasteiger partial charge in [0.05, 0.1) is 27.1 Å². The second-order valence-corrected chi connectivity index (χ2v) is 10.8. The number of rotatable bonds is 7. The molecule has 0 saturated carbocycles. The van der Waals surface area contributed by atoms with Crippen molar-refractivity contribution >= 4 is 44.7 Å². The summed E-state index contributed by atoms with van der Waals surface area (Å²) in [5.41, 5.74) is 3.18. The summed E-state index contributed by atoms with van der Waals surface area (Å²) < 4.78 is 9.21. The number of anilines is 2. The van der Waals surface area contributed by atoms with Crippen molar-refractivity contribution in [2.24, 2.45) is 5.92 Å². The Labute approximate surface area is 229 Å². The van der Waals surface area contributed by atoms with E-state index in [2.05, 4.69) is 33.7 Å². The maximum atomic E-state index is 12.9. The molecule has 0 spiro atoms. The third-order valence-electron chi connectivity index (χ3n) is 6.77. The molecule has 1 saturated heterocycles. The molecule has 0 radical (unpaired) electrons. The van der Waals surface area contributed by atoms with Crippen LogP contribution in [0.2, 0.25) is 0 Å². The number of pyridine rings is 1. The van der Waals surface area contributed by atoms with Crippen molar-refractivity contribution in [3.05, 3.63) is 85.5 Å². The van der Waals surface area contributed by atoms with E-state index in [0.717, 1.165) is 26.5 Å². The summed E-state index contributed by atoms with van der Waals surface area (Å²) in [6.07, 6.45) is 6.10. The number of hydrogen-bond donors (Lipinski definition) is 1. The molecule has 39 heavy (non-hydrogen) atoms. The predicted molar refractivity (Wildman–Crippen MR) is 153 cm³/mol. The second kappa shape index (κ2) is 10.3. The lowest BCUT2D eigenvalue weighted by molar-refractivity contribution is -0.129. The molecule has 196 valence electrons. The molecule has 0 aliphatic carbocycles. The van der Waals surface area contributed by atoms with Crippen LogP contribution in [0.1, 0.15) is 26.3 Å². The van der Waals surface area contributed by atoms with E-state index in [1.165, 1.54) is 0 Å². The average molecular weight is 538 g/mol. The van der Waals surface area contributed by atoms with Crippen molar-refractivity contribution in [2.45, 2.75) is 26.3 Å². The normalized spacial score (nSPS) is 15.3. The average Bonchev–Trinajstić information content (AvgIpc) is 3.69. The maximum absolute atomic E-state index is 12.9. The highest BCUT2D eigenvalue weighted by Crippen LogP contribution is 2.39. The fraction of sp³-hybridized carbons (Fsp3) is 0.200. The van der Waals surface area contributed by atoms with E-state index in [1.807, 2.05) is 55.0 Å². The van der Waals surface area contributed by atoms with Crippen molar-refractivity contribution < 1.29 is 14.3 Å². The van der Waals surface area contributed by atoms with Crippen LogP contribution < -0.4 is 15.0 Å². The zero-order chi connectivity index (χ0) is 26.9. The summed E-state index contributed by atoms with van der Waals surface area (Å²) >= 11 is 1.59. The lowest BCUT2D eigenvalue weighted by Gasteiger charge is -2.16. The number of ether oxygens (including phenoxy) is 1. The van der Waals surface area contributed by atoms with E-state index in [4.69, 9.17) is 4.74 Å². The Morgan fingerprint density at radius 2 is 1.87 bits per heavy atom. The largest absolute Gasteiger partial charge is 0.456 e.